The molecule has 0 atom stereocenters. The summed E-state index contributed by atoms with van der Waals surface area (Å²) < 4.78 is 0. The van der Waals surface area contributed by atoms with Crippen LogP contribution in [0.5, 0.6) is 0 Å². The number of likely N-dealkylation sites (tertiary alicyclic amines) is 1. The van der Waals surface area contributed by atoms with Crippen LogP contribution in [0.3, 0.4) is 0 Å². The standard InChI is InChI=1S/C22H24N2O2S/c25-21(24-12-3-4-13-24)15-27-20-9-2-1-8-19(20)22(26)23-18-11-10-16-6-5-7-17(16)14-18/h1-2,8-11,14H,3-7,12-13,15H2,(H,23,26). The SMILES string of the molecule is O=C(Nc1ccc2c(c1)CCC2)c1ccccc1SCC(=O)N1CCCC1. The molecule has 140 valence electrons. The third-order valence-electron chi connectivity index (χ3n) is 5.30. The molecule has 4 nitrogen and oxygen atoms in total. The van der Waals surface area contributed by atoms with E-state index in [2.05, 4.69) is 17.4 Å². The van der Waals surface area contributed by atoms with Crippen LogP contribution in [-0.4, -0.2) is 35.6 Å². The van der Waals surface area contributed by atoms with Crippen LogP contribution in [0.15, 0.2) is 47.4 Å². The highest BCUT2D eigenvalue weighted by molar-refractivity contribution is 8.00. The predicted molar refractivity (Wildman–Crippen MR) is 109 cm³/mol. The van der Waals surface area contributed by atoms with Crippen molar-refractivity contribution in [3.8, 4) is 0 Å². The fourth-order valence-corrected chi connectivity index (χ4v) is 4.78. The molecule has 1 aliphatic heterocycles. The number of carbonyl (C=O) groups is 2. The Morgan fingerprint density at radius 1 is 0.963 bits per heavy atom. The van der Waals surface area contributed by atoms with Gasteiger partial charge in [0.15, 0.2) is 0 Å². The van der Waals surface area contributed by atoms with Crippen LogP contribution in [0.4, 0.5) is 5.69 Å². The summed E-state index contributed by atoms with van der Waals surface area (Å²) >= 11 is 1.45. The molecule has 2 amide bonds. The lowest BCUT2D eigenvalue weighted by Crippen LogP contribution is -2.29. The summed E-state index contributed by atoms with van der Waals surface area (Å²) in [5.74, 6) is 0.416. The van der Waals surface area contributed by atoms with Gasteiger partial charge in [0.2, 0.25) is 5.91 Å². The Morgan fingerprint density at radius 2 is 1.74 bits per heavy atom. The van der Waals surface area contributed by atoms with Crippen molar-refractivity contribution in [3.05, 3.63) is 59.2 Å². The molecule has 5 heteroatoms. The molecular weight excluding hydrogens is 356 g/mol. The van der Waals surface area contributed by atoms with Crippen LogP contribution < -0.4 is 5.32 Å². The maximum atomic E-state index is 12.8. The number of hydrogen-bond donors (Lipinski definition) is 1. The number of amides is 2. The first kappa shape index (κ1) is 18.1. The summed E-state index contributed by atoms with van der Waals surface area (Å²) in [5.41, 5.74) is 4.20. The summed E-state index contributed by atoms with van der Waals surface area (Å²) in [6, 6.07) is 13.7. The highest BCUT2D eigenvalue weighted by Gasteiger charge is 2.19. The molecule has 1 fully saturated rings. The van der Waals surface area contributed by atoms with Gasteiger partial charge in [-0.2, -0.15) is 0 Å². The highest BCUT2D eigenvalue weighted by atomic mass is 32.2. The van der Waals surface area contributed by atoms with E-state index in [1.807, 2.05) is 35.2 Å². The monoisotopic (exact) mass is 380 g/mol. The molecule has 1 heterocycles. The van der Waals surface area contributed by atoms with Crippen molar-refractivity contribution in [3.63, 3.8) is 0 Å². The van der Waals surface area contributed by atoms with Crippen LogP contribution in [0.2, 0.25) is 0 Å². The fraction of sp³-hybridized carbons (Fsp3) is 0.364. The first-order chi connectivity index (χ1) is 13.2. The number of nitrogens with zero attached hydrogens (tertiary/aromatic N) is 1. The molecule has 2 aromatic rings. The Morgan fingerprint density at radius 3 is 2.59 bits per heavy atom. The fourth-order valence-electron chi connectivity index (χ4n) is 3.83. The molecule has 1 N–H and O–H groups in total. The summed E-state index contributed by atoms with van der Waals surface area (Å²) in [6.07, 6.45) is 5.60. The third-order valence-corrected chi connectivity index (χ3v) is 6.36. The second-order valence-corrected chi connectivity index (χ2v) is 8.18. The molecule has 0 bridgehead atoms. The summed E-state index contributed by atoms with van der Waals surface area (Å²) in [6.45, 7) is 1.72. The van der Waals surface area contributed by atoms with E-state index in [0.717, 1.165) is 49.4 Å². The largest absolute Gasteiger partial charge is 0.342 e. The molecule has 1 saturated heterocycles. The van der Waals surface area contributed by atoms with Crippen LogP contribution in [0.1, 0.15) is 40.7 Å². The zero-order valence-electron chi connectivity index (χ0n) is 15.4. The van der Waals surface area contributed by atoms with Crippen LogP contribution in [-0.2, 0) is 17.6 Å². The van der Waals surface area contributed by atoms with Crippen molar-refractivity contribution in [2.45, 2.75) is 37.0 Å². The lowest BCUT2D eigenvalue weighted by molar-refractivity contribution is -0.127. The molecule has 27 heavy (non-hydrogen) atoms. The smallest absolute Gasteiger partial charge is 0.256 e. The number of hydrogen-bond acceptors (Lipinski definition) is 3. The average molecular weight is 381 g/mol. The van der Waals surface area contributed by atoms with Gasteiger partial charge in [-0.25, -0.2) is 0 Å². The summed E-state index contributed by atoms with van der Waals surface area (Å²) in [5, 5.41) is 3.02. The van der Waals surface area contributed by atoms with E-state index in [9.17, 15) is 9.59 Å². The lowest BCUT2D eigenvalue weighted by atomic mass is 10.1. The van der Waals surface area contributed by atoms with Crippen molar-refractivity contribution >= 4 is 29.3 Å². The molecule has 2 aliphatic rings. The van der Waals surface area contributed by atoms with Crippen molar-refractivity contribution in [2.24, 2.45) is 0 Å². The maximum Gasteiger partial charge on any atom is 0.256 e. The molecular formula is C22H24N2O2S. The third kappa shape index (κ3) is 4.19. The van der Waals surface area contributed by atoms with Crippen LogP contribution >= 0.6 is 11.8 Å². The van der Waals surface area contributed by atoms with Gasteiger partial charge in [-0.05, 0) is 67.5 Å². The van der Waals surface area contributed by atoms with E-state index in [1.54, 1.807) is 0 Å². The van der Waals surface area contributed by atoms with Gasteiger partial charge in [0.05, 0.1) is 11.3 Å². The minimum atomic E-state index is -0.121. The molecule has 0 spiro atoms. The summed E-state index contributed by atoms with van der Waals surface area (Å²) in [7, 11) is 0. The van der Waals surface area contributed by atoms with E-state index in [-0.39, 0.29) is 11.8 Å². The Balaban J connectivity index is 1.43. The van der Waals surface area contributed by atoms with Gasteiger partial charge in [-0.15, -0.1) is 11.8 Å². The van der Waals surface area contributed by atoms with Crippen LogP contribution in [0.25, 0.3) is 0 Å². The first-order valence-electron chi connectivity index (χ1n) is 9.63. The van der Waals surface area contributed by atoms with E-state index in [4.69, 9.17) is 0 Å². The second-order valence-electron chi connectivity index (χ2n) is 7.16. The number of carbonyl (C=O) groups excluding carboxylic acids is 2. The molecule has 1 aliphatic carbocycles. The number of fused-ring (bicyclic) bond motifs is 1. The Labute approximate surface area is 164 Å². The Bertz CT molecular complexity index is 859. The number of nitrogens with one attached hydrogen (secondary N) is 1. The Kier molecular flexibility index (Phi) is 5.48. The Hall–Kier alpha value is -2.27. The van der Waals surface area contributed by atoms with Gasteiger partial charge in [-0.1, -0.05) is 18.2 Å². The number of thioether (sulfide) groups is 1. The zero-order chi connectivity index (χ0) is 18.6. The number of rotatable bonds is 5. The topological polar surface area (TPSA) is 49.4 Å². The number of benzene rings is 2. The van der Waals surface area contributed by atoms with Gasteiger partial charge in [0.1, 0.15) is 0 Å². The van der Waals surface area contributed by atoms with E-state index in [0.29, 0.717) is 11.3 Å². The highest BCUT2D eigenvalue weighted by Crippen LogP contribution is 2.27. The van der Waals surface area contributed by atoms with Crippen molar-refractivity contribution in [1.82, 2.24) is 4.90 Å². The van der Waals surface area contributed by atoms with Gasteiger partial charge in [0.25, 0.3) is 5.91 Å². The molecule has 0 saturated carbocycles. The zero-order valence-corrected chi connectivity index (χ0v) is 16.2. The molecule has 2 aromatic carbocycles. The lowest BCUT2D eigenvalue weighted by Gasteiger charge is -2.15. The van der Waals surface area contributed by atoms with Crippen molar-refractivity contribution in [1.29, 1.82) is 0 Å². The van der Waals surface area contributed by atoms with Gasteiger partial charge < -0.3 is 10.2 Å². The predicted octanol–water partition coefficient (Wildman–Crippen LogP) is 4.14. The normalized spacial score (nSPS) is 15.6. The van der Waals surface area contributed by atoms with Crippen LogP contribution in [0, 0.1) is 0 Å². The van der Waals surface area contributed by atoms with Gasteiger partial charge in [-0.3, -0.25) is 9.59 Å². The minimum absolute atomic E-state index is 0.121. The molecule has 4 rings (SSSR count). The maximum absolute atomic E-state index is 12.8. The van der Waals surface area contributed by atoms with E-state index < -0.39 is 0 Å². The molecule has 0 radical (unpaired) electrons. The number of anilines is 1. The van der Waals surface area contributed by atoms with Gasteiger partial charge in [0, 0.05) is 23.7 Å². The molecule has 0 aromatic heterocycles. The summed E-state index contributed by atoms with van der Waals surface area (Å²) in [4.78, 5) is 27.9. The second kappa shape index (κ2) is 8.17. The van der Waals surface area contributed by atoms with Crippen molar-refractivity contribution in [2.75, 3.05) is 24.2 Å². The first-order valence-corrected chi connectivity index (χ1v) is 10.6. The average Bonchev–Trinajstić information content (AvgIpc) is 3.37. The van der Waals surface area contributed by atoms with E-state index in [1.165, 1.54) is 29.3 Å². The molecule has 0 unspecified atom stereocenters. The minimum Gasteiger partial charge on any atom is -0.342 e. The van der Waals surface area contributed by atoms with Crippen molar-refractivity contribution < 1.29 is 9.59 Å². The number of aryl methyl sites for hydroxylation is 2. The van der Waals surface area contributed by atoms with Gasteiger partial charge >= 0.3 is 0 Å². The quantitative estimate of drug-likeness (QED) is 0.793. The van der Waals surface area contributed by atoms with E-state index >= 15 is 0 Å².